The van der Waals surface area contributed by atoms with Crippen molar-refractivity contribution in [1.82, 2.24) is 14.8 Å². The van der Waals surface area contributed by atoms with Crippen LogP contribution in [-0.4, -0.2) is 33.9 Å². The van der Waals surface area contributed by atoms with Crippen LogP contribution in [-0.2, 0) is 11.3 Å². The second-order valence-electron chi connectivity index (χ2n) is 6.14. The van der Waals surface area contributed by atoms with Crippen molar-refractivity contribution in [3.63, 3.8) is 0 Å². The Morgan fingerprint density at radius 3 is 2.78 bits per heavy atom. The SMILES string of the molecule is Nc1sc(-c2c(F)cccc2F)nc1C(=O)Nc1cnn(CC2COC2)c1. The number of carbonyl (C=O) groups excluding carboxylic acids is 1. The van der Waals surface area contributed by atoms with Gasteiger partial charge < -0.3 is 15.8 Å². The average Bonchev–Trinajstić information content (AvgIpc) is 3.17. The molecule has 27 heavy (non-hydrogen) atoms. The normalized spacial score (nSPS) is 14.1. The average molecular weight is 391 g/mol. The number of nitrogen functional groups attached to an aromatic ring is 1. The summed E-state index contributed by atoms with van der Waals surface area (Å²) in [6, 6.07) is 3.50. The maximum absolute atomic E-state index is 13.9. The lowest BCUT2D eigenvalue weighted by molar-refractivity contribution is -0.0408. The molecule has 7 nitrogen and oxygen atoms in total. The quantitative estimate of drug-likeness (QED) is 0.697. The molecule has 10 heteroatoms. The molecule has 0 radical (unpaired) electrons. The molecule has 0 saturated carbocycles. The molecule has 3 aromatic rings. The van der Waals surface area contributed by atoms with Gasteiger partial charge in [-0.1, -0.05) is 17.4 Å². The van der Waals surface area contributed by atoms with Gasteiger partial charge in [-0.3, -0.25) is 9.48 Å². The largest absolute Gasteiger partial charge is 0.389 e. The van der Waals surface area contributed by atoms with Crippen molar-refractivity contribution >= 4 is 27.9 Å². The van der Waals surface area contributed by atoms with Gasteiger partial charge in [0.2, 0.25) is 0 Å². The Kier molecular flexibility index (Phi) is 4.58. The lowest BCUT2D eigenvalue weighted by atomic mass is 10.1. The van der Waals surface area contributed by atoms with Crippen molar-refractivity contribution in [3.05, 3.63) is 47.9 Å². The van der Waals surface area contributed by atoms with E-state index in [2.05, 4.69) is 15.4 Å². The number of nitrogens with two attached hydrogens (primary N) is 1. The number of nitrogens with zero attached hydrogens (tertiary/aromatic N) is 3. The predicted molar refractivity (Wildman–Crippen MR) is 96.4 cm³/mol. The number of ether oxygens (including phenoxy) is 1. The molecule has 1 aliphatic heterocycles. The van der Waals surface area contributed by atoms with Crippen LogP contribution in [0.1, 0.15) is 10.5 Å². The van der Waals surface area contributed by atoms with Crippen molar-refractivity contribution in [3.8, 4) is 10.6 Å². The predicted octanol–water partition coefficient (Wildman–Crippen LogP) is 2.77. The molecule has 1 aromatic carbocycles. The standard InChI is InChI=1S/C17H15F2N5O2S/c18-11-2-1-3-12(19)13(11)17-23-14(15(20)27-17)16(25)22-10-4-21-24(6-10)5-9-7-26-8-9/h1-4,6,9H,5,7-8,20H2,(H,22,25). The van der Waals surface area contributed by atoms with Crippen LogP contribution in [0.4, 0.5) is 19.5 Å². The van der Waals surface area contributed by atoms with E-state index in [4.69, 9.17) is 10.5 Å². The van der Waals surface area contributed by atoms with E-state index < -0.39 is 17.5 Å². The number of amides is 1. The molecule has 1 aliphatic rings. The van der Waals surface area contributed by atoms with E-state index in [1.165, 1.54) is 12.3 Å². The summed E-state index contributed by atoms with van der Waals surface area (Å²) in [5, 5.41) is 6.91. The minimum absolute atomic E-state index is 0.00827. The number of thiazole rings is 1. The van der Waals surface area contributed by atoms with Crippen LogP contribution in [0.5, 0.6) is 0 Å². The maximum atomic E-state index is 13.9. The maximum Gasteiger partial charge on any atom is 0.277 e. The van der Waals surface area contributed by atoms with Crippen LogP contribution in [0.2, 0.25) is 0 Å². The first-order valence-corrected chi connectivity index (χ1v) is 8.95. The molecule has 3 N–H and O–H groups in total. The van der Waals surface area contributed by atoms with Crippen molar-refractivity contribution in [2.45, 2.75) is 6.54 Å². The van der Waals surface area contributed by atoms with E-state index in [0.29, 0.717) is 31.4 Å². The van der Waals surface area contributed by atoms with Crippen molar-refractivity contribution in [2.75, 3.05) is 24.3 Å². The first-order chi connectivity index (χ1) is 13.0. The van der Waals surface area contributed by atoms with Crippen molar-refractivity contribution in [2.24, 2.45) is 5.92 Å². The number of aromatic nitrogens is 3. The van der Waals surface area contributed by atoms with Gasteiger partial charge in [0.05, 0.1) is 30.7 Å². The molecule has 0 aliphatic carbocycles. The van der Waals surface area contributed by atoms with Gasteiger partial charge in [-0.2, -0.15) is 5.10 Å². The lowest BCUT2D eigenvalue weighted by Crippen LogP contribution is -2.31. The van der Waals surface area contributed by atoms with Gasteiger partial charge in [-0.05, 0) is 12.1 Å². The van der Waals surface area contributed by atoms with Crippen LogP contribution in [0.25, 0.3) is 10.6 Å². The minimum Gasteiger partial charge on any atom is -0.389 e. The summed E-state index contributed by atoms with van der Waals surface area (Å²) < 4.78 is 34.7. The topological polar surface area (TPSA) is 95.1 Å². The van der Waals surface area contributed by atoms with Gasteiger partial charge >= 0.3 is 0 Å². The molecule has 0 atom stereocenters. The number of halogens is 2. The Balaban J connectivity index is 1.52. The number of carbonyl (C=O) groups is 1. The fourth-order valence-electron chi connectivity index (χ4n) is 2.68. The molecule has 1 fully saturated rings. The van der Waals surface area contributed by atoms with Crippen LogP contribution >= 0.6 is 11.3 Å². The zero-order valence-electron chi connectivity index (χ0n) is 14.0. The fourth-order valence-corrected chi connectivity index (χ4v) is 3.55. The molecule has 4 rings (SSSR count). The van der Waals surface area contributed by atoms with E-state index in [1.807, 2.05) is 0 Å². The van der Waals surface area contributed by atoms with Crippen LogP contribution < -0.4 is 11.1 Å². The van der Waals surface area contributed by atoms with E-state index >= 15 is 0 Å². The highest BCUT2D eigenvalue weighted by molar-refractivity contribution is 7.19. The number of hydrogen-bond donors (Lipinski definition) is 2. The van der Waals surface area contributed by atoms with E-state index in [0.717, 1.165) is 23.5 Å². The number of hydrogen-bond acceptors (Lipinski definition) is 6. The van der Waals surface area contributed by atoms with Gasteiger partial charge in [-0.15, -0.1) is 0 Å². The van der Waals surface area contributed by atoms with Crippen LogP contribution in [0.15, 0.2) is 30.6 Å². The molecule has 2 aromatic heterocycles. The van der Waals surface area contributed by atoms with Gasteiger partial charge in [0, 0.05) is 18.7 Å². The molecular weight excluding hydrogens is 376 g/mol. The Morgan fingerprint density at radius 1 is 1.37 bits per heavy atom. The number of rotatable bonds is 5. The number of anilines is 2. The summed E-state index contributed by atoms with van der Waals surface area (Å²) in [5.41, 5.74) is 5.94. The molecule has 3 heterocycles. The Hall–Kier alpha value is -2.85. The summed E-state index contributed by atoms with van der Waals surface area (Å²) in [5.74, 6) is -1.69. The summed E-state index contributed by atoms with van der Waals surface area (Å²) in [6.07, 6.45) is 3.20. The Labute approximate surface area is 156 Å². The summed E-state index contributed by atoms with van der Waals surface area (Å²) in [7, 11) is 0. The third kappa shape index (κ3) is 3.53. The Morgan fingerprint density at radius 2 is 2.11 bits per heavy atom. The third-order valence-corrected chi connectivity index (χ3v) is 4.99. The Bertz CT molecular complexity index is 979. The van der Waals surface area contributed by atoms with E-state index in [1.54, 1.807) is 10.9 Å². The first-order valence-electron chi connectivity index (χ1n) is 8.13. The van der Waals surface area contributed by atoms with Gasteiger partial charge in [0.25, 0.3) is 5.91 Å². The molecule has 1 saturated heterocycles. The summed E-state index contributed by atoms with van der Waals surface area (Å²) >= 11 is 0.850. The zero-order chi connectivity index (χ0) is 19.0. The van der Waals surface area contributed by atoms with Gasteiger partial charge in [0.15, 0.2) is 5.69 Å². The molecule has 0 unspecified atom stereocenters. The molecule has 0 bridgehead atoms. The van der Waals surface area contributed by atoms with Gasteiger partial charge in [-0.25, -0.2) is 13.8 Å². The fraction of sp³-hybridized carbons (Fsp3) is 0.235. The second kappa shape index (κ2) is 7.05. The number of benzene rings is 1. The highest BCUT2D eigenvalue weighted by atomic mass is 32.1. The second-order valence-corrected chi connectivity index (χ2v) is 7.17. The smallest absolute Gasteiger partial charge is 0.277 e. The van der Waals surface area contributed by atoms with Crippen molar-refractivity contribution < 1.29 is 18.3 Å². The van der Waals surface area contributed by atoms with E-state index in [-0.39, 0.29) is 21.3 Å². The highest BCUT2D eigenvalue weighted by Crippen LogP contribution is 2.33. The first kappa shape index (κ1) is 17.6. The highest BCUT2D eigenvalue weighted by Gasteiger charge is 2.22. The van der Waals surface area contributed by atoms with Crippen LogP contribution in [0, 0.1) is 17.6 Å². The molecule has 140 valence electrons. The molecular formula is C17H15F2N5O2S. The molecule has 0 spiro atoms. The number of nitrogens with one attached hydrogen (secondary N) is 1. The van der Waals surface area contributed by atoms with E-state index in [9.17, 15) is 13.6 Å². The minimum atomic E-state index is -0.767. The zero-order valence-corrected chi connectivity index (χ0v) is 14.8. The molecule has 1 amide bonds. The summed E-state index contributed by atoms with van der Waals surface area (Å²) in [4.78, 5) is 16.5. The summed E-state index contributed by atoms with van der Waals surface area (Å²) in [6.45, 7) is 2.10. The van der Waals surface area contributed by atoms with Crippen molar-refractivity contribution in [1.29, 1.82) is 0 Å². The van der Waals surface area contributed by atoms with Gasteiger partial charge in [0.1, 0.15) is 21.6 Å². The van der Waals surface area contributed by atoms with Crippen LogP contribution in [0.3, 0.4) is 0 Å². The third-order valence-electron chi connectivity index (χ3n) is 4.09. The monoisotopic (exact) mass is 391 g/mol. The lowest BCUT2D eigenvalue weighted by Gasteiger charge is -2.25.